The highest BCUT2D eigenvalue weighted by Gasteiger charge is 2.23. The van der Waals surface area contributed by atoms with E-state index in [1.807, 2.05) is 0 Å². The minimum Gasteiger partial charge on any atom is -0.493 e. The summed E-state index contributed by atoms with van der Waals surface area (Å²) < 4.78 is 31.4. The third-order valence-corrected chi connectivity index (χ3v) is 5.15. The van der Waals surface area contributed by atoms with Crippen LogP contribution in [0, 0.1) is 5.82 Å². The number of ether oxygens (including phenoxy) is 3. The summed E-state index contributed by atoms with van der Waals surface area (Å²) in [5.41, 5.74) is 4.45. The number of amidine groups is 1. The van der Waals surface area contributed by atoms with Crippen molar-refractivity contribution in [1.29, 1.82) is 0 Å². The molecule has 1 aliphatic rings. The number of hydrogen-bond donors (Lipinski definition) is 1. The minimum atomic E-state index is -0.335. The van der Waals surface area contributed by atoms with Gasteiger partial charge in [0.15, 0.2) is 17.3 Å². The number of nitrogens with one attached hydrogen (secondary N) is 1. The molecule has 8 nitrogen and oxygen atoms in total. The molecule has 0 spiro atoms. The van der Waals surface area contributed by atoms with Gasteiger partial charge in [0.1, 0.15) is 11.7 Å². The summed E-state index contributed by atoms with van der Waals surface area (Å²) >= 11 is 1.48. The third-order valence-electron chi connectivity index (χ3n) is 4.21. The molecule has 1 aliphatic heterocycles. The highest BCUT2D eigenvalue weighted by atomic mass is 32.2. The van der Waals surface area contributed by atoms with Crippen LogP contribution in [0.4, 0.5) is 10.1 Å². The van der Waals surface area contributed by atoms with Crippen molar-refractivity contribution < 1.29 is 18.6 Å². The van der Waals surface area contributed by atoms with E-state index in [1.165, 1.54) is 23.9 Å². The number of benzene rings is 2. The molecule has 0 saturated heterocycles. The van der Waals surface area contributed by atoms with Crippen LogP contribution in [-0.4, -0.2) is 47.8 Å². The van der Waals surface area contributed by atoms with Gasteiger partial charge in [0, 0.05) is 5.56 Å². The predicted octanol–water partition coefficient (Wildman–Crippen LogP) is 3.49. The molecule has 0 amide bonds. The molecule has 0 bridgehead atoms. The van der Waals surface area contributed by atoms with Crippen molar-refractivity contribution in [2.75, 3.05) is 32.5 Å². The lowest BCUT2D eigenvalue weighted by Gasteiger charge is -2.19. The fourth-order valence-electron chi connectivity index (χ4n) is 2.91. The molecule has 2 heterocycles. The standard InChI is InChI=1S/C19H18FN5O3S/c1-26-14-7-11(8-15(27-2)17(14)28-3)18-22-23-19-25(18)24-16(10-29-19)21-13-6-4-5-12(20)9-13/h4-9H,10H2,1-3H3,(H,21,24). The zero-order valence-electron chi connectivity index (χ0n) is 16.0. The van der Waals surface area contributed by atoms with Crippen molar-refractivity contribution in [2.45, 2.75) is 5.16 Å². The van der Waals surface area contributed by atoms with Gasteiger partial charge < -0.3 is 14.2 Å². The summed E-state index contributed by atoms with van der Waals surface area (Å²) in [5.74, 6) is 2.95. The molecule has 3 aromatic rings. The second kappa shape index (κ2) is 8.00. The van der Waals surface area contributed by atoms with Crippen LogP contribution in [0.1, 0.15) is 0 Å². The van der Waals surface area contributed by atoms with Crippen LogP contribution >= 0.6 is 11.8 Å². The lowest BCUT2D eigenvalue weighted by atomic mass is 10.1. The van der Waals surface area contributed by atoms with E-state index in [4.69, 9.17) is 14.2 Å². The molecule has 0 saturated carbocycles. The van der Waals surface area contributed by atoms with Crippen LogP contribution in [0.15, 0.2) is 46.5 Å². The van der Waals surface area contributed by atoms with Crippen LogP contribution in [0.3, 0.4) is 0 Å². The molecule has 1 N–H and O–H groups in total. The van der Waals surface area contributed by atoms with E-state index >= 15 is 0 Å². The fraction of sp³-hybridized carbons (Fsp3) is 0.211. The van der Waals surface area contributed by atoms with Crippen LogP contribution in [-0.2, 0) is 0 Å². The average Bonchev–Trinajstić information content (AvgIpc) is 3.16. The number of rotatable bonds is 5. The van der Waals surface area contributed by atoms with Crippen LogP contribution < -0.4 is 19.6 Å². The van der Waals surface area contributed by atoms with Crippen molar-refractivity contribution >= 4 is 23.3 Å². The molecule has 1 aromatic heterocycles. The van der Waals surface area contributed by atoms with Gasteiger partial charge in [0.05, 0.1) is 32.8 Å². The number of fused-ring (bicyclic) bond motifs is 1. The van der Waals surface area contributed by atoms with E-state index in [2.05, 4.69) is 20.6 Å². The topological polar surface area (TPSA) is 82.8 Å². The van der Waals surface area contributed by atoms with Crippen molar-refractivity contribution in [2.24, 2.45) is 4.99 Å². The Morgan fingerprint density at radius 2 is 1.83 bits per heavy atom. The van der Waals surface area contributed by atoms with Gasteiger partial charge in [-0.05, 0) is 30.3 Å². The maximum absolute atomic E-state index is 13.4. The average molecular weight is 415 g/mol. The summed E-state index contributed by atoms with van der Waals surface area (Å²) in [5, 5.41) is 9.21. The Morgan fingerprint density at radius 1 is 1.07 bits per heavy atom. The Hall–Kier alpha value is -3.27. The van der Waals surface area contributed by atoms with Gasteiger partial charge in [-0.2, -0.15) is 0 Å². The Balaban J connectivity index is 1.72. The third kappa shape index (κ3) is 3.70. The van der Waals surface area contributed by atoms with Gasteiger partial charge >= 0.3 is 0 Å². The Labute approximate surface area is 170 Å². The molecule has 0 radical (unpaired) electrons. The summed E-state index contributed by atoms with van der Waals surface area (Å²) in [6, 6.07) is 9.71. The monoisotopic (exact) mass is 415 g/mol. The molecule has 0 aliphatic carbocycles. The Bertz CT molecular complexity index is 1060. The molecular formula is C19H18FN5O3S. The van der Waals surface area contributed by atoms with Gasteiger partial charge in [0.2, 0.25) is 10.9 Å². The van der Waals surface area contributed by atoms with Gasteiger partial charge in [-0.3, -0.25) is 5.43 Å². The zero-order chi connectivity index (χ0) is 20.4. The molecular weight excluding hydrogens is 397 g/mol. The largest absolute Gasteiger partial charge is 0.493 e. The first-order valence-electron chi connectivity index (χ1n) is 8.61. The first kappa shape index (κ1) is 19.1. The SMILES string of the molecule is COc1cc(-c2nnc3n2NC(=Nc2cccc(F)c2)CS3)cc(OC)c1OC. The number of aliphatic imine (C=N–C) groups is 1. The fourth-order valence-corrected chi connectivity index (χ4v) is 3.67. The Kier molecular flexibility index (Phi) is 5.26. The van der Waals surface area contributed by atoms with Crippen molar-refractivity contribution in [1.82, 2.24) is 14.9 Å². The van der Waals surface area contributed by atoms with E-state index in [-0.39, 0.29) is 5.82 Å². The van der Waals surface area contributed by atoms with Crippen LogP contribution in [0.25, 0.3) is 11.4 Å². The van der Waals surface area contributed by atoms with E-state index in [0.29, 0.717) is 45.5 Å². The molecule has 10 heteroatoms. The van der Waals surface area contributed by atoms with Crippen molar-refractivity contribution in [3.8, 4) is 28.6 Å². The lowest BCUT2D eigenvalue weighted by molar-refractivity contribution is 0.324. The van der Waals surface area contributed by atoms with Crippen LogP contribution in [0.5, 0.6) is 17.2 Å². The molecule has 29 heavy (non-hydrogen) atoms. The predicted molar refractivity (Wildman–Crippen MR) is 109 cm³/mol. The molecule has 0 fully saturated rings. The molecule has 0 atom stereocenters. The highest BCUT2D eigenvalue weighted by molar-refractivity contribution is 7.99. The molecule has 150 valence electrons. The van der Waals surface area contributed by atoms with Gasteiger partial charge in [-0.15, -0.1) is 10.2 Å². The zero-order valence-corrected chi connectivity index (χ0v) is 16.8. The van der Waals surface area contributed by atoms with E-state index < -0.39 is 0 Å². The van der Waals surface area contributed by atoms with Crippen molar-refractivity contribution in [3.05, 3.63) is 42.2 Å². The van der Waals surface area contributed by atoms with Crippen LogP contribution in [0.2, 0.25) is 0 Å². The maximum atomic E-state index is 13.4. The van der Waals surface area contributed by atoms with Crippen molar-refractivity contribution in [3.63, 3.8) is 0 Å². The minimum absolute atomic E-state index is 0.335. The van der Waals surface area contributed by atoms with Gasteiger partial charge in [-0.25, -0.2) is 14.1 Å². The molecule has 2 aromatic carbocycles. The first-order valence-corrected chi connectivity index (χ1v) is 9.60. The number of nitrogens with zero attached hydrogens (tertiary/aromatic N) is 4. The Morgan fingerprint density at radius 3 is 2.48 bits per heavy atom. The maximum Gasteiger partial charge on any atom is 0.211 e. The van der Waals surface area contributed by atoms with E-state index in [0.717, 1.165) is 5.56 Å². The molecule has 0 unspecified atom stereocenters. The highest BCUT2D eigenvalue weighted by Crippen LogP contribution is 2.41. The number of thioether (sulfide) groups is 1. The number of hydrogen-bond acceptors (Lipinski definition) is 7. The summed E-state index contributed by atoms with van der Waals surface area (Å²) in [7, 11) is 4.66. The first-order chi connectivity index (χ1) is 14.1. The van der Waals surface area contributed by atoms with E-state index in [9.17, 15) is 4.39 Å². The normalized spacial score (nSPS) is 14.3. The number of aromatic nitrogens is 3. The summed E-state index contributed by atoms with van der Waals surface area (Å²) in [6.45, 7) is 0. The molecule has 4 rings (SSSR count). The second-order valence-corrected chi connectivity index (χ2v) is 6.94. The smallest absolute Gasteiger partial charge is 0.211 e. The number of halogens is 1. The lowest BCUT2D eigenvalue weighted by Crippen LogP contribution is -2.30. The quantitative estimate of drug-likeness (QED) is 0.683. The number of methoxy groups -OCH3 is 3. The van der Waals surface area contributed by atoms with Gasteiger partial charge in [0.25, 0.3) is 0 Å². The summed E-state index contributed by atoms with van der Waals surface area (Å²) in [6.07, 6.45) is 0. The summed E-state index contributed by atoms with van der Waals surface area (Å²) in [4.78, 5) is 4.49. The van der Waals surface area contributed by atoms with Gasteiger partial charge in [-0.1, -0.05) is 17.8 Å². The van der Waals surface area contributed by atoms with E-state index in [1.54, 1.807) is 50.3 Å². The second-order valence-electron chi connectivity index (χ2n) is 5.99.